The van der Waals surface area contributed by atoms with Crippen molar-refractivity contribution in [2.45, 2.75) is 45.3 Å². The first kappa shape index (κ1) is 31.7. The van der Waals surface area contributed by atoms with E-state index in [4.69, 9.17) is 34.8 Å². The fourth-order valence-corrected chi connectivity index (χ4v) is 5.75. The van der Waals surface area contributed by atoms with Gasteiger partial charge in [-0.15, -0.1) is 0 Å². The standard InChI is InChI=1S/C29H32Cl3N3O4S/c1-29(2,3)33-28(37)26(16-20-9-6-5-7-10-20)34(18-21-11-8-12-22(30)15-21)27(36)19-35(40(4,38)39)25-14-13-23(31)17-24(25)32/h5-15,17,26H,16,18-19H2,1-4H3,(H,33,37)/t26-/m0/s1. The molecule has 0 aliphatic carbocycles. The Kier molecular flexibility index (Phi) is 10.5. The molecule has 214 valence electrons. The smallest absolute Gasteiger partial charge is 0.244 e. The molecule has 0 aromatic heterocycles. The molecule has 0 saturated heterocycles. The monoisotopic (exact) mass is 623 g/mol. The maximum Gasteiger partial charge on any atom is 0.244 e. The fraction of sp³-hybridized carbons (Fsp3) is 0.310. The molecule has 3 aromatic carbocycles. The molecule has 7 nitrogen and oxygen atoms in total. The number of benzene rings is 3. The van der Waals surface area contributed by atoms with Crippen LogP contribution >= 0.6 is 34.8 Å². The van der Waals surface area contributed by atoms with E-state index in [2.05, 4.69) is 5.32 Å². The molecular formula is C29H32Cl3N3O4S. The van der Waals surface area contributed by atoms with E-state index < -0.39 is 34.1 Å². The number of carbonyl (C=O) groups excluding carboxylic acids is 2. The summed E-state index contributed by atoms with van der Waals surface area (Å²) in [5.74, 6) is -0.969. The van der Waals surface area contributed by atoms with Gasteiger partial charge in [-0.25, -0.2) is 8.42 Å². The van der Waals surface area contributed by atoms with Gasteiger partial charge < -0.3 is 10.2 Å². The molecule has 0 unspecified atom stereocenters. The third-order valence-electron chi connectivity index (χ3n) is 5.87. The van der Waals surface area contributed by atoms with Crippen LogP contribution in [0.3, 0.4) is 0 Å². The highest BCUT2D eigenvalue weighted by Gasteiger charge is 2.34. The molecule has 40 heavy (non-hydrogen) atoms. The van der Waals surface area contributed by atoms with Crippen LogP contribution in [0.15, 0.2) is 72.8 Å². The lowest BCUT2D eigenvalue weighted by molar-refractivity contribution is -0.140. The van der Waals surface area contributed by atoms with E-state index >= 15 is 0 Å². The zero-order chi connectivity index (χ0) is 29.7. The maximum atomic E-state index is 14.1. The van der Waals surface area contributed by atoms with Crippen LogP contribution in [0.5, 0.6) is 0 Å². The van der Waals surface area contributed by atoms with Crippen LogP contribution in [0.2, 0.25) is 15.1 Å². The van der Waals surface area contributed by atoms with Gasteiger partial charge in [0.1, 0.15) is 12.6 Å². The van der Waals surface area contributed by atoms with Crippen molar-refractivity contribution in [3.05, 3.63) is 99.0 Å². The van der Waals surface area contributed by atoms with Crippen LogP contribution in [-0.2, 0) is 32.6 Å². The van der Waals surface area contributed by atoms with Gasteiger partial charge in [0.15, 0.2) is 0 Å². The zero-order valence-electron chi connectivity index (χ0n) is 22.7. The summed E-state index contributed by atoms with van der Waals surface area (Å²) >= 11 is 18.6. The van der Waals surface area contributed by atoms with Gasteiger partial charge >= 0.3 is 0 Å². The molecule has 0 fully saturated rings. The number of rotatable bonds is 10. The Morgan fingerprint density at radius 3 is 2.08 bits per heavy atom. The van der Waals surface area contributed by atoms with Crippen LogP contribution in [-0.4, -0.2) is 49.5 Å². The van der Waals surface area contributed by atoms with Gasteiger partial charge in [0, 0.05) is 28.5 Å². The summed E-state index contributed by atoms with van der Waals surface area (Å²) in [5, 5.41) is 3.83. The molecule has 0 radical (unpaired) electrons. The third kappa shape index (κ3) is 9.13. The van der Waals surface area contributed by atoms with Crippen molar-refractivity contribution in [3.63, 3.8) is 0 Å². The highest BCUT2D eigenvalue weighted by atomic mass is 35.5. The van der Waals surface area contributed by atoms with E-state index in [1.54, 1.807) is 24.3 Å². The maximum absolute atomic E-state index is 14.1. The first-order valence-electron chi connectivity index (χ1n) is 12.5. The SMILES string of the molecule is CC(C)(C)NC(=O)[C@H](Cc1ccccc1)N(Cc1cccc(Cl)c1)C(=O)CN(c1ccc(Cl)cc1Cl)S(C)(=O)=O. The van der Waals surface area contributed by atoms with Crippen LogP contribution in [0.4, 0.5) is 5.69 Å². The summed E-state index contributed by atoms with van der Waals surface area (Å²) in [6.07, 6.45) is 1.19. The van der Waals surface area contributed by atoms with Gasteiger partial charge in [-0.3, -0.25) is 13.9 Å². The van der Waals surface area contributed by atoms with Crippen LogP contribution < -0.4 is 9.62 Å². The Balaban J connectivity index is 2.09. The molecule has 0 bridgehead atoms. The largest absolute Gasteiger partial charge is 0.350 e. The summed E-state index contributed by atoms with van der Waals surface area (Å²) in [6.45, 7) is 4.97. The van der Waals surface area contributed by atoms with Crippen molar-refractivity contribution < 1.29 is 18.0 Å². The van der Waals surface area contributed by atoms with Crippen molar-refractivity contribution in [1.29, 1.82) is 0 Å². The quantitative estimate of drug-likeness (QED) is 0.301. The van der Waals surface area contributed by atoms with E-state index in [0.29, 0.717) is 15.6 Å². The van der Waals surface area contributed by atoms with Gasteiger partial charge in [-0.05, 0) is 62.2 Å². The molecule has 0 aliphatic rings. The van der Waals surface area contributed by atoms with E-state index in [-0.39, 0.29) is 29.6 Å². The van der Waals surface area contributed by atoms with Crippen molar-refractivity contribution in [2.75, 3.05) is 17.1 Å². The summed E-state index contributed by atoms with van der Waals surface area (Å²) in [5.41, 5.74) is 1.04. The number of nitrogens with zero attached hydrogens (tertiary/aromatic N) is 2. The fourth-order valence-electron chi connectivity index (χ4n) is 4.12. The first-order chi connectivity index (χ1) is 18.6. The van der Waals surface area contributed by atoms with Crippen LogP contribution in [0.25, 0.3) is 0 Å². The predicted octanol–water partition coefficient (Wildman–Crippen LogP) is 5.97. The molecular weight excluding hydrogens is 593 g/mol. The van der Waals surface area contributed by atoms with Crippen molar-refractivity contribution in [1.82, 2.24) is 10.2 Å². The summed E-state index contributed by atoms with van der Waals surface area (Å²) in [6, 6.07) is 19.6. The molecule has 2 amide bonds. The molecule has 0 spiro atoms. The number of anilines is 1. The number of amides is 2. The van der Waals surface area contributed by atoms with Gasteiger partial charge in [-0.2, -0.15) is 0 Å². The normalized spacial score (nSPS) is 12.5. The number of halogens is 3. The summed E-state index contributed by atoms with van der Waals surface area (Å²) in [7, 11) is -3.96. The second kappa shape index (κ2) is 13.3. The number of hydrogen-bond donors (Lipinski definition) is 1. The van der Waals surface area contributed by atoms with Crippen molar-refractivity contribution >= 4 is 62.3 Å². The van der Waals surface area contributed by atoms with Gasteiger partial charge in [0.25, 0.3) is 0 Å². The van der Waals surface area contributed by atoms with Gasteiger partial charge in [-0.1, -0.05) is 77.3 Å². The molecule has 0 saturated carbocycles. The minimum atomic E-state index is -3.96. The van der Waals surface area contributed by atoms with Crippen LogP contribution in [0.1, 0.15) is 31.9 Å². The lowest BCUT2D eigenvalue weighted by Gasteiger charge is -2.35. The Hall–Kier alpha value is -2.78. The first-order valence-corrected chi connectivity index (χ1v) is 15.4. The summed E-state index contributed by atoms with van der Waals surface area (Å²) < 4.78 is 26.7. The third-order valence-corrected chi connectivity index (χ3v) is 7.77. The van der Waals surface area contributed by atoms with Crippen LogP contribution in [0, 0.1) is 0 Å². The molecule has 11 heteroatoms. The molecule has 3 rings (SSSR count). The summed E-state index contributed by atoms with van der Waals surface area (Å²) in [4.78, 5) is 29.2. The molecule has 1 N–H and O–H groups in total. The zero-order valence-corrected chi connectivity index (χ0v) is 25.8. The lowest BCUT2D eigenvalue weighted by atomic mass is 10.0. The van der Waals surface area contributed by atoms with E-state index in [0.717, 1.165) is 16.1 Å². The second-order valence-corrected chi connectivity index (χ2v) is 13.6. The number of sulfonamides is 1. The van der Waals surface area contributed by atoms with E-state index in [9.17, 15) is 18.0 Å². The lowest BCUT2D eigenvalue weighted by Crippen LogP contribution is -2.56. The van der Waals surface area contributed by atoms with Crippen molar-refractivity contribution in [3.8, 4) is 0 Å². The minimum Gasteiger partial charge on any atom is -0.350 e. The highest BCUT2D eigenvalue weighted by molar-refractivity contribution is 7.92. The Bertz CT molecular complexity index is 1460. The molecule has 0 aliphatic heterocycles. The highest BCUT2D eigenvalue weighted by Crippen LogP contribution is 2.31. The van der Waals surface area contributed by atoms with Crippen molar-refractivity contribution in [2.24, 2.45) is 0 Å². The molecule has 0 heterocycles. The predicted molar refractivity (Wildman–Crippen MR) is 162 cm³/mol. The Labute approximate surface area is 251 Å². The average Bonchev–Trinajstić information content (AvgIpc) is 2.84. The Morgan fingerprint density at radius 1 is 0.875 bits per heavy atom. The topological polar surface area (TPSA) is 86.8 Å². The van der Waals surface area contributed by atoms with Gasteiger partial charge in [0.2, 0.25) is 21.8 Å². The second-order valence-electron chi connectivity index (χ2n) is 10.5. The molecule has 3 aromatic rings. The van der Waals surface area contributed by atoms with E-state index in [1.165, 1.54) is 23.1 Å². The Morgan fingerprint density at radius 2 is 1.50 bits per heavy atom. The molecule has 1 atom stereocenters. The number of nitrogens with one attached hydrogen (secondary N) is 1. The van der Waals surface area contributed by atoms with Gasteiger partial charge in [0.05, 0.1) is 17.0 Å². The number of hydrogen-bond acceptors (Lipinski definition) is 4. The number of carbonyl (C=O) groups is 2. The average molecular weight is 625 g/mol. The minimum absolute atomic E-state index is 0.0143. The van der Waals surface area contributed by atoms with E-state index in [1.807, 2.05) is 51.1 Å².